The van der Waals surface area contributed by atoms with Gasteiger partial charge in [-0.15, -0.1) is 0 Å². The van der Waals surface area contributed by atoms with Crippen LogP contribution >= 0.6 is 45.2 Å². The van der Waals surface area contributed by atoms with Crippen molar-refractivity contribution in [1.29, 1.82) is 0 Å². The van der Waals surface area contributed by atoms with Gasteiger partial charge in [-0.3, -0.25) is 0 Å². The van der Waals surface area contributed by atoms with Gasteiger partial charge in [0.2, 0.25) is 0 Å². The van der Waals surface area contributed by atoms with E-state index < -0.39 is 0 Å². The first-order valence-corrected chi connectivity index (χ1v) is 6.52. The van der Waals surface area contributed by atoms with Crippen molar-refractivity contribution in [3.05, 3.63) is 13.7 Å². The Labute approximate surface area is 112 Å². The predicted octanol–water partition coefficient (Wildman–Crippen LogP) is 2.50. The summed E-state index contributed by atoms with van der Waals surface area (Å²) in [6, 6.07) is 0. The van der Waals surface area contributed by atoms with Gasteiger partial charge in [0.1, 0.15) is 7.40 Å². The number of hydrogen-bond acceptors (Lipinski definition) is 2. The van der Waals surface area contributed by atoms with Crippen LogP contribution in [0.3, 0.4) is 0 Å². The minimum Gasteiger partial charge on any atom is -0.391 e. The molecule has 0 spiro atoms. The molecular formula is C9H14I2N2O. The molecule has 1 heterocycles. The van der Waals surface area contributed by atoms with E-state index in [-0.39, 0.29) is 11.5 Å². The summed E-state index contributed by atoms with van der Waals surface area (Å²) in [7, 11) is 0. The summed E-state index contributed by atoms with van der Waals surface area (Å²) < 4.78 is 4.06. The van der Waals surface area contributed by atoms with Gasteiger partial charge >= 0.3 is 0 Å². The minimum absolute atomic E-state index is 0.0845. The molecule has 0 aliphatic carbocycles. The molecule has 0 radical (unpaired) electrons. The highest BCUT2D eigenvalue weighted by molar-refractivity contribution is 14.1. The number of aromatic nitrogens is 2. The molecule has 1 rings (SSSR count). The Hall–Kier alpha value is 0.630. The van der Waals surface area contributed by atoms with Crippen LogP contribution in [0.4, 0.5) is 0 Å². The van der Waals surface area contributed by atoms with E-state index in [1.807, 2.05) is 25.3 Å². The first-order valence-electron chi connectivity index (χ1n) is 4.36. The van der Waals surface area contributed by atoms with Gasteiger partial charge in [-0.1, -0.05) is 20.8 Å². The molecule has 5 heteroatoms. The Kier molecular flexibility index (Phi) is 4.22. The molecule has 3 nitrogen and oxygen atoms in total. The molecule has 0 amide bonds. The van der Waals surface area contributed by atoms with E-state index in [4.69, 9.17) is 0 Å². The van der Waals surface area contributed by atoms with Crippen molar-refractivity contribution < 1.29 is 5.11 Å². The molecule has 0 fully saturated rings. The van der Waals surface area contributed by atoms with Crippen LogP contribution in [0.2, 0.25) is 0 Å². The number of aliphatic hydroxyl groups is 1. The lowest BCUT2D eigenvalue weighted by Gasteiger charge is -2.26. The Morgan fingerprint density at radius 2 is 2.07 bits per heavy atom. The molecule has 0 aromatic carbocycles. The van der Waals surface area contributed by atoms with Crippen LogP contribution in [0.1, 0.15) is 20.8 Å². The summed E-state index contributed by atoms with van der Waals surface area (Å²) in [6.07, 6.45) is 1.43. The van der Waals surface area contributed by atoms with Gasteiger partial charge in [-0.25, -0.2) is 4.98 Å². The van der Waals surface area contributed by atoms with E-state index in [0.717, 1.165) is 7.40 Å². The summed E-state index contributed by atoms with van der Waals surface area (Å²) in [5, 5.41) is 9.92. The van der Waals surface area contributed by atoms with Gasteiger partial charge in [0, 0.05) is 0 Å². The molecule has 1 atom stereocenters. The Bertz CT molecular complexity index is 317. The van der Waals surface area contributed by atoms with Gasteiger partial charge in [-0.2, -0.15) is 0 Å². The van der Waals surface area contributed by atoms with Gasteiger partial charge in [0.15, 0.2) is 0 Å². The van der Waals surface area contributed by atoms with E-state index in [1.54, 1.807) is 6.33 Å². The van der Waals surface area contributed by atoms with E-state index in [2.05, 4.69) is 50.2 Å². The van der Waals surface area contributed by atoms with E-state index in [0.29, 0.717) is 6.54 Å². The summed E-state index contributed by atoms with van der Waals surface area (Å²) in [4.78, 5) is 4.18. The normalized spacial score (nSPS) is 14.4. The lowest BCUT2D eigenvalue weighted by molar-refractivity contribution is 0.0475. The first-order chi connectivity index (χ1) is 6.32. The maximum absolute atomic E-state index is 9.92. The average Bonchev–Trinajstić information content (AvgIpc) is 2.34. The Morgan fingerprint density at radius 3 is 2.43 bits per heavy atom. The molecule has 1 N–H and O–H groups in total. The molecule has 0 aliphatic rings. The molecule has 1 unspecified atom stereocenters. The lowest BCUT2D eigenvalue weighted by Crippen LogP contribution is -2.30. The molecule has 0 bridgehead atoms. The van der Waals surface area contributed by atoms with Crippen LogP contribution in [0.5, 0.6) is 0 Å². The van der Waals surface area contributed by atoms with Crippen molar-refractivity contribution in [1.82, 2.24) is 9.55 Å². The third-order valence-corrected chi connectivity index (χ3v) is 5.05. The molecule has 0 aliphatic heterocycles. The van der Waals surface area contributed by atoms with E-state index >= 15 is 0 Å². The van der Waals surface area contributed by atoms with Crippen molar-refractivity contribution in [3.63, 3.8) is 0 Å². The number of aliphatic hydroxyl groups excluding tert-OH is 1. The Balaban J connectivity index is 2.75. The van der Waals surface area contributed by atoms with E-state index in [9.17, 15) is 5.11 Å². The van der Waals surface area contributed by atoms with Crippen molar-refractivity contribution in [3.8, 4) is 0 Å². The van der Waals surface area contributed by atoms with Crippen molar-refractivity contribution in [2.75, 3.05) is 0 Å². The number of halogens is 2. The van der Waals surface area contributed by atoms with Crippen LogP contribution in [-0.4, -0.2) is 20.8 Å². The molecular weight excluding hydrogens is 406 g/mol. The number of hydrogen-bond donors (Lipinski definition) is 1. The third-order valence-electron chi connectivity index (χ3n) is 2.10. The summed E-state index contributed by atoms with van der Waals surface area (Å²) in [5.74, 6) is 0. The van der Waals surface area contributed by atoms with Crippen molar-refractivity contribution in [2.45, 2.75) is 33.4 Å². The number of nitrogens with zero attached hydrogens (tertiary/aromatic N) is 2. The van der Waals surface area contributed by atoms with Crippen molar-refractivity contribution in [2.24, 2.45) is 5.41 Å². The molecule has 1 aromatic heterocycles. The molecule has 14 heavy (non-hydrogen) atoms. The second-order valence-electron chi connectivity index (χ2n) is 4.36. The average molecular weight is 420 g/mol. The fourth-order valence-electron chi connectivity index (χ4n) is 0.930. The van der Waals surface area contributed by atoms with Crippen LogP contribution in [0.25, 0.3) is 0 Å². The second-order valence-corrected chi connectivity index (χ2v) is 6.40. The summed E-state index contributed by atoms with van der Waals surface area (Å²) in [6.45, 7) is 6.71. The maximum atomic E-state index is 9.92. The maximum Gasteiger partial charge on any atom is 0.132 e. The minimum atomic E-state index is -0.346. The zero-order valence-corrected chi connectivity index (χ0v) is 12.8. The fourth-order valence-corrected chi connectivity index (χ4v) is 1.83. The Morgan fingerprint density at radius 1 is 1.50 bits per heavy atom. The van der Waals surface area contributed by atoms with Gasteiger partial charge in [0.25, 0.3) is 0 Å². The highest BCUT2D eigenvalue weighted by atomic mass is 127. The van der Waals surface area contributed by atoms with Crippen LogP contribution in [0.15, 0.2) is 6.33 Å². The van der Waals surface area contributed by atoms with Crippen LogP contribution in [0, 0.1) is 12.8 Å². The molecule has 0 saturated heterocycles. The molecule has 0 saturated carbocycles. The quantitative estimate of drug-likeness (QED) is 0.748. The van der Waals surface area contributed by atoms with Gasteiger partial charge in [0.05, 0.1) is 19.0 Å². The largest absolute Gasteiger partial charge is 0.391 e. The van der Waals surface area contributed by atoms with Gasteiger partial charge < -0.3 is 9.67 Å². The highest BCUT2D eigenvalue weighted by Crippen LogP contribution is 2.22. The second kappa shape index (κ2) is 4.65. The first kappa shape index (κ1) is 12.7. The third kappa shape index (κ3) is 3.06. The van der Waals surface area contributed by atoms with E-state index in [1.165, 1.54) is 0 Å². The number of rotatable bonds is 2. The molecule has 80 valence electrons. The topological polar surface area (TPSA) is 38.0 Å². The van der Waals surface area contributed by atoms with Gasteiger partial charge in [-0.05, 0) is 50.6 Å². The lowest BCUT2D eigenvalue weighted by atomic mass is 9.89. The van der Waals surface area contributed by atoms with Crippen molar-refractivity contribution >= 4 is 45.2 Å². The standard InChI is InChI=1S/C9H14I2N2O/c1-9(2,3)6(14)4-13-5-12-7(10)8(13)11/h5-6,14H,4H2,1-3H3. The fraction of sp³-hybridized carbons (Fsp3) is 0.667. The summed E-state index contributed by atoms with van der Waals surface area (Å²) in [5.41, 5.74) is -0.0845. The number of imidazole rings is 1. The predicted molar refractivity (Wildman–Crippen MR) is 73.1 cm³/mol. The SMILES string of the molecule is CC(C)(C)C(O)Cn1cnc(I)c1I. The molecule has 1 aromatic rings. The zero-order chi connectivity index (χ0) is 10.9. The monoisotopic (exact) mass is 420 g/mol. The van der Waals surface area contributed by atoms with Crippen LogP contribution in [-0.2, 0) is 6.54 Å². The zero-order valence-electron chi connectivity index (χ0n) is 8.46. The highest BCUT2D eigenvalue weighted by Gasteiger charge is 2.23. The van der Waals surface area contributed by atoms with Crippen LogP contribution < -0.4 is 0 Å². The summed E-state index contributed by atoms with van der Waals surface area (Å²) >= 11 is 4.44. The smallest absolute Gasteiger partial charge is 0.132 e.